The molecule has 0 atom stereocenters. The normalized spacial score (nSPS) is 11.2. The van der Waals surface area contributed by atoms with Crippen molar-refractivity contribution in [2.45, 2.75) is 26.2 Å². The first-order valence-electron chi connectivity index (χ1n) is 7.04. The van der Waals surface area contributed by atoms with Gasteiger partial charge >= 0.3 is 0 Å². The second-order valence-corrected chi connectivity index (χ2v) is 6.79. The van der Waals surface area contributed by atoms with Gasteiger partial charge in [-0.2, -0.15) is 0 Å². The van der Waals surface area contributed by atoms with Gasteiger partial charge in [0.15, 0.2) is 0 Å². The zero-order valence-electron chi connectivity index (χ0n) is 13.0. The molecule has 0 aliphatic carbocycles. The van der Waals surface area contributed by atoms with Crippen LogP contribution in [0.2, 0.25) is 0 Å². The van der Waals surface area contributed by atoms with Crippen molar-refractivity contribution in [1.29, 1.82) is 0 Å². The Balaban J connectivity index is 2.10. The molecule has 1 amide bonds. The Kier molecular flexibility index (Phi) is 4.68. The van der Waals surface area contributed by atoms with Crippen LogP contribution in [0, 0.1) is 6.92 Å². The van der Waals surface area contributed by atoms with Crippen LogP contribution in [0.5, 0.6) is 0 Å². The van der Waals surface area contributed by atoms with Crippen LogP contribution in [0.4, 0.5) is 5.69 Å². The zero-order valence-corrected chi connectivity index (χ0v) is 13.8. The minimum atomic E-state index is -0.0620. The molecule has 0 unspecified atom stereocenters. The number of carbonyl (C=O) groups excluding carboxylic acids is 1. The van der Waals surface area contributed by atoms with E-state index in [1.54, 1.807) is 11.3 Å². The van der Waals surface area contributed by atoms with E-state index in [9.17, 15) is 4.79 Å². The van der Waals surface area contributed by atoms with Crippen LogP contribution in [-0.4, -0.2) is 19.5 Å². The third kappa shape index (κ3) is 3.64. The summed E-state index contributed by atoms with van der Waals surface area (Å²) in [5.41, 5.74) is 2.57. The first-order valence-corrected chi connectivity index (χ1v) is 7.92. The summed E-state index contributed by atoms with van der Waals surface area (Å²) < 4.78 is 0. The SMILES string of the molecule is CNc1ccc(C)cc1C(=O)NCC(C)(C)c1cccs1. The van der Waals surface area contributed by atoms with E-state index in [-0.39, 0.29) is 11.3 Å². The molecule has 0 bridgehead atoms. The van der Waals surface area contributed by atoms with Gasteiger partial charge in [0.2, 0.25) is 0 Å². The Morgan fingerprint density at radius 2 is 2.05 bits per heavy atom. The lowest BCUT2D eigenvalue weighted by atomic mass is 9.91. The molecule has 1 aromatic heterocycles. The predicted octanol–water partition coefficient (Wildman–Crippen LogP) is 3.81. The summed E-state index contributed by atoms with van der Waals surface area (Å²) in [6.45, 7) is 6.90. The van der Waals surface area contributed by atoms with Crippen LogP contribution < -0.4 is 10.6 Å². The summed E-state index contributed by atoms with van der Waals surface area (Å²) in [6, 6.07) is 10.0. The summed E-state index contributed by atoms with van der Waals surface area (Å²) in [5, 5.41) is 8.19. The highest BCUT2D eigenvalue weighted by Gasteiger charge is 2.23. The molecule has 2 aromatic rings. The number of amides is 1. The Morgan fingerprint density at radius 3 is 2.67 bits per heavy atom. The molecular weight excluding hydrogens is 280 g/mol. The van der Waals surface area contributed by atoms with Gasteiger partial charge in [0.1, 0.15) is 0 Å². The van der Waals surface area contributed by atoms with E-state index in [2.05, 4.69) is 35.9 Å². The monoisotopic (exact) mass is 302 g/mol. The van der Waals surface area contributed by atoms with Crippen LogP contribution in [0.1, 0.15) is 34.6 Å². The molecule has 2 rings (SSSR count). The lowest BCUT2D eigenvalue weighted by Crippen LogP contribution is -2.36. The highest BCUT2D eigenvalue weighted by molar-refractivity contribution is 7.10. The molecule has 4 heteroatoms. The van der Waals surface area contributed by atoms with Gasteiger partial charge in [0.05, 0.1) is 5.56 Å². The quantitative estimate of drug-likeness (QED) is 0.882. The molecular formula is C17H22N2OS. The van der Waals surface area contributed by atoms with Gasteiger partial charge in [-0.05, 0) is 30.5 Å². The van der Waals surface area contributed by atoms with E-state index in [0.29, 0.717) is 12.1 Å². The standard InChI is InChI=1S/C17H22N2OS/c1-12-7-8-14(18-4)13(10-12)16(20)19-11-17(2,3)15-6-5-9-21-15/h5-10,18H,11H2,1-4H3,(H,19,20). The van der Waals surface area contributed by atoms with Crippen molar-refractivity contribution in [3.05, 3.63) is 51.7 Å². The second kappa shape index (κ2) is 6.31. The average molecular weight is 302 g/mol. The third-order valence-electron chi connectivity index (χ3n) is 3.57. The van der Waals surface area contributed by atoms with Gasteiger partial charge in [0.25, 0.3) is 5.91 Å². The first kappa shape index (κ1) is 15.6. The number of rotatable bonds is 5. The smallest absolute Gasteiger partial charge is 0.253 e. The minimum Gasteiger partial charge on any atom is -0.387 e. The highest BCUT2D eigenvalue weighted by Crippen LogP contribution is 2.27. The first-order chi connectivity index (χ1) is 9.94. The summed E-state index contributed by atoms with van der Waals surface area (Å²) in [6.07, 6.45) is 0. The van der Waals surface area contributed by atoms with Crippen molar-refractivity contribution < 1.29 is 4.79 Å². The molecule has 1 aromatic carbocycles. The zero-order chi connectivity index (χ0) is 15.5. The number of nitrogens with one attached hydrogen (secondary N) is 2. The van der Waals surface area contributed by atoms with E-state index < -0.39 is 0 Å². The number of aryl methyl sites for hydroxylation is 1. The van der Waals surface area contributed by atoms with Crippen LogP contribution in [0.15, 0.2) is 35.7 Å². The molecule has 112 valence electrons. The predicted molar refractivity (Wildman–Crippen MR) is 90.4 cm³/mol. The third-order valence-corrected chi connectivity index (χ3v) is 4.80. The average Bonchev–Trinajstić information content (AvgIpc) is 3.00. The molecule has 2 N–H and O–H groups in total. The Hall–Kier alpha value is -1.81. The molecule has 0 saturated carbocycles. The summed E-state index contributed by atoms with van der Waals surface area (Å²) in [4.78, 5) is 13.7. The van der Waals surface area contributed by atoms with E-state index in [4.69, 9.17) is 0 Å². The van der Waals surface area contributed by atoms with Gasteiger partial charge in [-0.1, -0.05) is 31.5 Å². The summed E-state index contributed by atoms with van der Waals surface area (Å²) in [7, 11) is 1.83. The summed E-state index contributed by atoms with van der Waals surface area (Å²) >= 11 is 1.72. The van der Waals surface area contributed by atoms with E-state index in [1.165, 1.54) is 4.88 Å². The van der Waals surface area contributed by atoms with Crippen LogP contribution in [-0.2, 0) is 5.41 Å². The van der Waals surface area contributed by atoms with E-state index in [1.807, 2.05) is 38.2 Å². The maximum atomic E-state index is 12.4. The van der Waals surface area contributed by atoms with Gasteiger partial charge < -0.3 is 10.6 Å². The van der Waals surface area contributed by atoms with Crippen molar-refractivity contribution in [1.82, 2.24) is 5.32 Å². The Labute approximate surface area is 130 Å². The van der Waals surface area contributed by atoms with Crippen molar-refractivity contribution in [3.63, 3.8) is 0 Å². The molecule has 3 nitrogen and oxygen atoms in total. The molecule has 0 spiro atoms. The van der Waals surface area contributed by atoms with Crippen molar-refractivity contribution in [2.75, 3.05) is 18.9 Å². The molecule has 0 aliphatic rings. The van der Waals surface area contributed by atoms with Crippen molar-refractivity contribution >= 4 is 22.9 Å². The molecule has 21 heavy (non-hydrogen) atoms. The van der Waals surface area contributed by atoms with Gasteiger partial charge in [0, 0.05) is 29.6 Å². The number of hydrogen-bond acceptors (Lipinski definition) is 3. The van der Waals surface area contributed by atoms with E-state index in [0.717, 1.165) is 11.3 Å². The second-order valence-electron chi connectivity index (χ2n) is 5.84. The number of anilines is 1. The number of hydrogen-bond donors (Lipinski definition) is 2. The van der Waals surface area contributed by atoms with Gasteiger partial charge in [-0.15, -0.1) is 11.3 Å². The van der Waals surface area contributed by atoms with Crippen molar-refractivity contribution in [2.24, 2.45) is 0 Å². The number of thiophene rings is 1. The fourth-order valence-corrected chi connectivity index (χ4v) is 3.06. The topological polar surface area (TPSA) is 41.1 Å². The fourth-order valence-electron chi connectivity index (χ4n) is 2.21. The largest absolute Gasteiger partial charge is 0.387 e. The van der Waals surface area contributed by atoms with Crippen LogP contribution in [0.3, 0.4) is 0 Å². The molecule has 0 fully saturated rings. The Bertz CT molecular complexity index is 618. The minimum absolute atomic E-state index is 0.0346. The molecule has 0 aliphatic heterocycles. The molecule has 0 saturated heterocycles. The number of benzene rings is 1. The van der Waals surface area contributed by atoms with Crippen molar-refractivity contribution in [3.8, 4) is 0 Å². The Morgan fingerprint density at radius 1 is 1.29 bits per heavy atom. The fraction of sp³-hybridized carbons (Fsp3) is 0.353. The lowest BCUT2D eigenvalue weighted by molar-refractivity contribution is 0.0946. The van der Waals surface area contributed by atoms with Gasteiger partial charge in [-0.3, -0.25) is 4.79 Å². The summed E-state index contributed by atoms with van der Waals surface area (Å²) in [5.74, 6) is -0.0346. The maximum Gasteiger partial charge on any atom is 0.253 e. The van der Waals surface area contributed by atoms with Crippen LogP contribution in [0.25, 0.3) is 0 Å². The number of carbonyl (C=O) groups is 1. The molecule has 1 heterocycles. The van der Waals surface area contributed by atoms with E-state index >= 15 is 0 Å². The molecule has 0 radical (unpaired) electrons. The lowest BCUT2D eigenvalue weighted by Gasteiger charge is -2.24. The van der Waals surface area contributed by atoms with Gasteiger partial charge in [-0.25, -0.2) is 0 Å². The highest BCUT2D eigenvalue weighted by atomic mass is 32.1. The van der Waals surface area contributed by atoms with Crippen LogP contribution >= 0.6 is 11.3 Å². The maximum absolute atomic E-state index is 12.4.